The highest BCUT2D eigenvalue weighted by molar-refractivity contribution is 5.99. The first-order chi connectivity index (χ1) is 9.61. The van der Waals surface area contributed by atoms with Crippen LogP contribution in [0.3, 0.4) is 0 Å². The fourth-order valence-electron chi connectivity index (χ4n) is 2.04. The minimum atomic E-state index is -0.748. The zero-order chi connectivity index (χ0) is 16.7. The summed E-state index contributed by atoms with van der Waals surface area (Å²) < 4.78 is 4.51. The van der Waals surface area contributed by atoms with E-state index in [9.17, 15) is 9.59 Å². The molecule has 0 aromatic heterocycles. The van der Waals surface area contributed by atoms with Crippen LogP contribution in [-0.4, -0.2) is 62.2 Å². The SMILES string of the molecule is COC(=O)/N=C(/N(C)C)N(C)C(=O)NC(C(C)C)C(C)C. The quantitative estimate of drug-likeness (QED) is 0.639. The highest BCUT2D eigenvalue weighted by Gasteiger charge is 2.24. The smallest absolute Gasteiger partial charge is 0.436 e. The normalized spacial score (nSPS) is 11.9. The van der Waals surface area contributed by atoms with Crippen molar-refractivity contribution >= 4 is 18.1 Å². The molecule has 0 spiro atoms. The summed E-state index contributed by atoms with van der Waals surface area (Å²) in [5.41, 5.74) is 0. The highest BCUT2D eigenvalue weighted by Crippen LogP contribution is 2.12. The molecule has 1 N–H and O–H groups in total. The van der Waals surface area contributed by atoms with Crippen molar-refractivity contribution < 1.29 is 14.3 Å². The number of carbonyl (C=O) groups excluding carboxylic acids is 2. The van der Waals surface area contributed by atoms with E-state index in [1.807, 2.05) is 0 Å². The van der Waals surface area contributed by atoms with Crippen LogP contribution >= 0.6 is 0 Å². The Balaban J connectivity index is 5.10. The van der Waals surface area contributed by atoms with Crippen molar-refractivity contribution in [1.29, 1.82) is 0 Å². The summed E-state index contributed by atoms with van der Waals surface area (Å²) in [4.78, 5) is 30.3. The van der Waals surface area contributed by atoms with Crippen LogP contribution in [0.4, 0.5) is 9.59 Å². The predicted octanol–water partition coefficient (Wildman–Crippen LogP) is 1.99. The molecule has 7 nitrogen and oxygen atoms in total. The van der Waals surface area contributed by atoms with Crippen molar-refractivity contribution in [3.05, 3.63) is 0 Å². The largest absolute Gasteiger partial charge is 0.451 e. The first-order valence-corrected chi connectivity index (χ1v) is 7.00. The van der Waals surface area contributed by atoms with Crippen LogP contribution in [0.15, 0.2) is 4.99 Å². The van der Waals surface area contributed by atoms with E-state index < -0.39 is 6.09 Å². The Bertz CT molecular complexity index is 384. The molecule has 0 aliphatic carbocycles. The van der Waals surface area contributed by atoms with Crippen molar-refractivity contribution in [3.8, 4) is 0 Å². The summed E-state index contributed by atoms with van der Waals surface area (Å²) in [6.07, 6.45) is -0.748. The lowest BCUT2D eigenvalue weighted by Crippen LogP contribution is -2.52. The van der Waals surface area contributed by atoms with Crippen molar-refractivity contribution in [3.63, 3.8) is 0 Å². The van der Waals surface area contributed by atoms with E-state index in [-0.39, 0.29) is 18.0 Å². The lowest BCUT2D eigenvalue weighted by atomic mass is 9.93. The molecule has 3 amide bonds. The molecule has 0 saturated carbocycles. The Kier molecular flexibility index (Phi) is 7.76. The Morgan fingerprint density at radius 3 is 1.86 bits per heavy atom. The standard InChI is InChI=1S/C14H28N4O3/c1-9(2)11(10(3)4)15-13(19)18(7)12(17(5)6)16-14(20)21-8/h9-11H,1-8H3,(H,15,19)/b16-12-. The van der Waals surface area contributed by atoms with Gasteiger partial charge in [-0.1, -0.05) is 27.7 Å². The van der Waals surface area contributed by atoms with Crippen LogP contribution in [0.5, 0.6) is 0 Å². The van der Waals surface area contributed by atoms with Gasteiger partial charge in [-0.25, -0.2) is 9.59 Å². The van der Waals surface area contributed by atoms with Crippen LogP contribution in [0.2, 0.25) is 0 Å². The van der Waals surface area contributed by atoms with Crippen molar-refractivity contribution in [1.82, 2.24) is 15.1 Å². The number of ether oxygens (including phenoxy) is 1. The number of nitrogens with zero attached hydrogens (tertiary/aromatic N) is 3. The van der Waals surface area contributed by atoms with Gasteiger partial charge in [-0.15, -0.1) is 4.99 Å². The average molecular weight is 300 g/mol. The lowest BCUT2D eigenvalue weighted by molar-refractivity contribution is 0.181. The van der Waals surface area contributed by atoms with Gasteiger partial charge in [0.15, 0.2) is 0 Å². The van der Waals surface area contributed by atoms with E-state index in [0.29, 0.717) is 11.8 Å². The van der Waals surface area contributed by atoms with Gasteiger partial charge in [-0.2, -0.15) is 0 Å². The molecule has 0 bridgehead atoms. The van der Waals surface area contributed by atoms with Gasteiger partial charge in [0, 0.05) is 27.2 Å². The third-order valence-corrected chi connectivity index (χ3v) is 3.10. The highest BCUT2D eigenvalue weighted by atomic mass is 16.5. The maximum absolute atomic E-state index is 12.3. The van der Waals surface area contributed by atoms with Crippen LogP contribution in [0.1, 0.15) is 27.7 Å². The van der Waals surface area contributed by atoms with E-state index in [0.717, 1.165) is 0 Å². The molecule has 122 valence electrons. The predicted molar refractivity (Wildman–Crippen MR) is 83.3 cm³/mol. The van der Waals surface area contributed by atoms with Crippen LogP contribution in [0, 0.1) is 11.8 Å². The molecular formula is C14H28N4O3. The summed E-state index contributed by atoms with van der Waals surface area (Å²) in [6.45, 7) is 8.22. The van der Waals surface area contributed by atoms with Crippen molar-refractivity contribution in [2.24, 2.45) is 16.8 Å². The van der Waals surface area contributed by atoms with E-state index in [4.69, 9.17) is 0 Å². The van der Waals surface area contributed by atoms with Gasteiger partial charge >= 0.3 is 12.1 Å². The molecule has 0 aromatic carbocycles. The first-order valence-electron chi connectivity index (χ1n) is 7.00. The topological polar surface area (TPSA) is 74.2 Å². The van der Waals surface area contributed by atoms with E-state index in [1.165, 1.54) is 12.0 Å². The maximum Gasteiger partial charge on any atom is 0.436 e. The molecule has 0 aliphatic heterocycles. The molecule has 0 radical (unpaired) electrons. The molecule has 21 heavy (non-hydrogen) atoms. The number of carbonyl (C=O) groups is 2. The molecule has 0 saturated heterocycles. The minimum Gasteiger partial charge on any atom is -0.451 e. The molecule has 0 unspecified atom stereocenters. The molecule has 0 rings (SSSR count). The molecule has 7 heteroatoms. The monoisotopic (exact) mass is 300 g/mol. The van der Waals surface area contributed by atoms with Crippen molar-refractivity contribution in [2.45, 2.75) is 33.7 Å². The molecule has 0 fully saturated rings. The van der Waals surface area contributed by atoms with Crippen LogP contribution in [0.25, 0.3) is 0 Å². The number of methoxy groups -OCH3 is 1. The van der Waals surface area contributed by atoms with Gasteiger partial charge < -0.3 is 15.0 Å². The number of urea groups is 1. The van der Waals surface area contributed by atoms with Gasteiger partial charge in [0.2, 0.25) is 5.96 Å². The first kappa shape index (κ1) is 19.2. The Hall–Kier alpha value is -1.79. The van der Waals surface area contributed by atoms with E-state index in [2.05, 4.69) is 42.7 Å². The fourth-order valence-corrected chi connectivity index (χ4v) is 2.04. The number of amides is 3. The van der Waals surface area contributed by atoms with Gasteiger partial charge in [-0.05, 0) is 11.8 Å². The maximum atomic E-state index is 12.3. The third-order valence-electron chi connectivity index (χ3n) is 3.10. The molecule has 0 heterocycles. The second-order valence-electron chi connectivity index (χ2n) is 5.80. The van der Waals surface area contributed by atoms with Gasteiger partial charge in [0.1, 0.15) is 0 Å². The Morgan fingerprint density at radius 1 is 1.05 bits per heavy atom. The summed E-state index contributed by atoms with van der Waals surface area (Å²) in [7, 11) is 6.21. The molecule has 0 aromatic rings. The minimum absolute atomic E-state index is 0.0430. The zero-order valence-electron chi connectivity index (χ0n) is 14.3. The summed E-state index contributed by atoms with van der Waals surface area (Å²) >= 11 is 0. The molecular weight excluding hydrogens is 272 g/mol. The summed E-state index contributed by atoms with van der Waals surface area (Å²) in [5, 5.41) is 2.97. The van der Waals surface area contributed by atoms with Gasteiger partial charge in [-0.3, -0.25) is 4.90 Å². The summed E-state index contributed by atoms with van der Waals surface area (Å²) in [6, 6.07) is -0.264. The molecule has 0 atom stereocenters. The van der Waals surface area contributed by atoms with E-state index >= 15 is 0 Å². The van der Waals surface area contributed by atoms with Gasteiger partial charge in [0.05, 0.1) is 7.11 Å². The second kappa shape index (κ2) is 8.49. The number of hydrogen-bond acceptors (Lipinski definition) is 3. The molecule has 0 aliphatic rings. The van der Waals surface area contributed by atoms with Gasteiger partial charge in [0.25, 0.3) is 0 Å². The van der Waals surface area contributed by atoms with E-state index in [1.54, 1.807) is 26.0 Å². The Morgan fingerprint density at radius 2 is 1.52 bits per heavy atom. The van der Waals surface area contributed by atoms with Crippen LogP contribution < -0.4 is 5.32 Å². The Labute approximate surface area is 127 Å². The van der Waals surface area contributed by atoms with Crippen LogP contribution in [-0.2, 0) is 4.74 Å². The van der Waals surface area contributed by atoms with Crippen molar-refractivity contribution in [2.75, 3.05) is 28.3 Å². The fraction of sp³-hybridized carbons (Fsp3) is 0.786. The number of guanidine groups is 1. The third kappa shape index (κ3) is 6.01. The lowest BCUT2D eigenvalue weighted by Gasteiger charge is -2.30. The second-order valence-corrected chi connectivity index (χ2v) is 5.80. The number of hydrogen-bond donors (Lipinski definition) is 1. The number of aliphatic imine (C=N–C) groups is 1. The summed E-state index contributed by atoms with van der Waals surface area (Å²) in [5.74, 6) is 0.830. The average Bonchev–Trinajstić information content (AvgIpc) is 2.39. The number of nitrogens with one attached hydrogen (secondary N) is 1. The number of rotatable bonds is 3. The zero-order valence-corrected chi connectivity index (χ0v) is 14.3.